The maximum atomic E-state index is 11.7. The summed E-state index contributed by atoms with van der Waals surface area (Å²) in [7, 11) is 0. The van der Waals surface area contributed by atoms with E-state index in [1.165, 1.54) is 11.5 Å². The predicted molar refractivity (Wildman–Crippen MR) is 70.7 cm³/mol. The molecule has 1 heterocycles. The van der Waals surface area contributed by atoms with Crippen molar-refractivity contribution in [1.29, 1.82) is 0 Å². The Kier molecular flexibility index (Phi) is 3.39. The molecule has 0 bridgehead atoms. The third kappa shape index (κ3) is 3.29. The van der Waals surface area contributed by atoms with E-state index < -0.39 is 0 Å². The highest BCUT2D eigenvalue weighted by atomic mass is 32.1. The number of nitrogens with zero attached hydrogens (tertiary/aromatic N) is 1. The summed E-state index contributed by atoms with van der Waals surface area (Å²) in [6.07, 6.45) is 0. The number of carbonyl (C=O) groups excluding carboxylic acids is 1. The topological polar surface area (TPSA) is 54.0 Å². The summed E-state index contributed by atoms with van der Waals surface area (Å²) < 4.78 is 4.09. The first-order valence-corrected chi connectivity index (χ1v) is 5.99. The standard InChI is InChI=1S/C12H13N3OS/c1-8-4-3-5-10(6-8)13-12(16)14-11-7-9(2)15-17-11/h3-7H,1-2H3,(H2,13,14,16). The van der Waals surface area contributed by atoms with Crippen LogP contribution in [0, 0.1) is 13.8 Å². The lowest BCUT2D eigenvalue weighted by Gasteiger charge is -2.05. The van der Waals surface area contributed by atoms with E-state index in [0.29, 0.717) is 0 Å². The first-order valence-electron chi connectivity index (χ1n) is 5.21. The fourth-order valence-corrected chi connectivity index (χ4v) is 2.08. The molecule has 0 saturated carbocycles. The Morgan fingerprint density at radius 2 is 2.06 bits per heavy atom. The van der Waals surface area contributed by atoms with E-state index in [1.54, 1.807) is 0 Å². The third-order valence-electron chi connectivity index (χ3n) is 2.14. The highest BCUT2D eigenvalue weighted by Gasteiger charge is 2.04. The van der Waals surface area contributed by atoms with Crippen LogP contribution < -0.4 is 10.6 Å². The van der Waals surface area contributed by atoms with Gasteiger partial charge in [-0.3, -0.25) is 5.32 Å². The first kappa shape index (κ1) is 11.6. The number of nitrogens with one attached hydrogen (secondary N) is 2. The monoisotopic (exact) mass is 247 g/mol. The summed E-state index contributed by atoms with van der Waals surface area (Å²) in [5, 5.41) is 6.25. The normalized spacial score (nSPS) is 10.0. The second-order valence-corrected chi connectivity index (χ2v) is 4.59. The number of hydrogen-bond donors (Lipinski definition) is 2. The molecule has 0 spiro atoms. The molecule has 4 nitrogen and oxygen atoms in total. The van der Waals surface area contributed by atoms with Crippen LogP contribution in [0.2, 0.25) is 0 Å². The van der Waals surface area contributed by atoms with Crippen LogP contribution in [0.1, 0.15) is 11.3 Å². The Morgan fingerprint density at radius 1 is 1.24 bits per heavy atom. The van der Waals surface area contributed by atoms with Gasteiger partial charge in [-0.1, -0.05) is 12.1 Å². The molecule has 1 aromatic carbocycles. The van der Waals surface area contributed by atoms with E-state index in [0.717, 1.165) is 21.9 Å². The lowest BCUT2D eigenvalue weighted by atomic mass is 10.2. The molecule has 5 heteroatoms. The van der Waals surface area contributed by atoms with Crippen LogP contribution >= 0.6 is 11.5 Å². The minimum Gasteiger partial charge on any atom is -0.308 e. The van der Waals surface area contributed by atoms with Crippen molar-refractivity contribution in [2.24, 2.45) is 0 Å². The van der Waals surface area contributed by atoms with Gasteiger partial charge in [-0.15, -0.1) is 0 Å². The number of hydrogen-bond acceptors (Lipinski definition) is 3. The predicted octanol–water partition coefficient (Wildman–Crippen LogP) is 3.40. The van der Waals surface area contributed by atoms with Crippen molar-refractivity contribution in [3.05, 3.63) is 41.6 Å². The molecular weight excluding hydrogens is 234 g/mol. The summed E-state index contributed by atoms with van der Waals surface area (Å²) >= 11 is 1.27. The number of aryl methyl sites for hydroxylation is 2. The number of rotatable bonds is 2. The summed E-state index contributed by atoms with van der Waals surface area (Å²) in [5.41, 5.74) is 2.79. The Bertz CT molecular complexity index is 536. The summed E-state index contributed by atoms with van der Waals surface area (Å²) in [5.74, 6) is 0. The van der Waals surface area contributed by atoms with Crippen molar-refractivity contribution in [3.8, 4) is 0 Å². The SMILES string of the molecule is Cc1cccc(NC(=O)Nc2cc(C)ns2)c1. The smallest absolute Gasteiger partial charge is 0.308 e. The number of benzene rings is 1. The molecular formula is C12H13N3OS. The average Bonchev–Trinajstić information content (AvgIpc) is 2.63. The minimum absolute atomic E-state index is 0.251. The first-order chi connectivity index (χ1) is 8.13. The van der Waals surface area contributed by atoms with E-state index in [9.17, 15) is 4.79 Å². The molecule has 0 aliphatic carbocycles. The minimum atomic E-state index is -0.251. The zero-order chi connectivity index (χ0) is 12.3. The van der Waals surface area contributed by atoms with Crippen molar-refractivity contribution in [3.63, 3.8) is 0 Å². The van der Waals surface area contributed by atoms with Crippen LogP contribution in [0.5, 0.6) is 0 Å². The van der Waals surface area contributed by atoms with Gasteiger partial charge in [0.25, 0.3) is 0 Å². The van der Waals surface area contributed by atoms with Gasteiger partial charge < -0.3 is 5.32 Å². The summed E-state index contributed by atoms with van der Waals surface area (Å²) in [6, 6.07) is 9.24. The van der Waals surface area contributed by atoms with E-state index in [4.69, 9.17) is 0 Å². The Balaban J connectivity index is 1.98. The summed E-state index contributed by atoms with van der Waals surface area (Å²) in [6.45, 7) is 3.87. The molecule has 0 radical (unpaired) electrons. The van der Waals surface area contributed by atoms with Gasteiger partial charge in [0.2, 0.25) is 0 Å². The van der Waals surface area contributed by atoms with E-state index in [-0.39, 0.29) is 6.03 Å². The fourth-order valence-electron chi connectivity index (χ4n) is 1.42. The maximum absolute atomic E-state index is 11.7. The van der Waals surface area contributed by atoms with Crippen LogP contribution in [-0.4, -0.2) is 10.4 Å². The number of carbonyl (C=O) groups is 1. The van der Waals surface area contributed by atoms with Crippen molar-refractivity contribution in [2.75, 3.05) is 10.6 Å². The lowest BCUT2D eigenvalue weighted by molar-refractivity contribution is 0.262. The van der Waals surface area contributed by atoms with Gasteiger partial charge in [-0.05, 0) is 49.1 Å². The molecule has 0 saturated heterocycles. The van der Waals surface area contributed by atoms with Crippen molar-refractivity contribution in [1.82, 2.24) is 4.37 Å². The quantitative estimate of drug-likeness (QED) is 0.854. The Morgan fingerprint density at radius 3 is 2.71 bits per heavy atom. The number of amides is 2. The van der Waals surface area contributed by atoms with Crippen molar-refractivity contribution < 1.29 is 4.79 Å². The highest BCUT2D eigenvalue weighted by Crippen LogP contribution is 2.16. The highest BCUT2D eigenvalue weighted by molar-refractivity contribution is 7.10. The lowest BCUT2D eigenvalue weighted by Crippen LogP contribution is -2.18. The number of urea groups is 1. The molecule has 2 aromatic rings. The molecule has 0 aliphatic heterocycles. The number of aromatic nitrogens is 1. The van der Waals surface area contributed by atoms with Gasteiger partial charge >= 0.3 is 6.03 Å². The molecule has 1 aromatic heterocycles. The number of anilines is 2. The molecule has 17 heavy (non-hydrogen) atoms. The maximum Gasteiger partial charge on any atom is 0.324 e. The van der Waals surface area contributed by atoms with Crippen LogP contribution in [0.25, 0.3) is 0 Å². The van der Waals surface area contributed by atoms with Crippen LogP contribution in [0.3, 0.4) is 0 Å². The van der Waals surface area contributed by atoms with Gasteiger partial charge in [-0.2, -0.15) is 4.37 Å². The molecule has 88 valence electrons. The molecule has 0 atom stereocenters. The van der Waals surface area contributed by atoms with E-state index in [1.807, 2.05) is 44.2 Å². The molecule has 0 unspecified atom stereocenters. The zero-order valence-corrected chi connectivity index (χ0v) is 10.5. The van der Waals surface area contributed by atoms with E-state index >= 15 is 0 Å². The van der Waals surface area contributed by atoms with Gasteiger partial charge in [0, 0.05) is 5.69 Å². The van der Waals surface area contributed by atoms with Crippen molar-refractivity contribution in [2.45, 2.75) is 13.8 Å². The van der Waals surface area contributed by atoms with Gasteiger partial charge in [-0.25, -0.2) is 4.79 Å². The van der Waals surface area contributed by atoms with Gasteiger partial charge in [0.15, 0.2) is 0 Å². The van der Waals surface area contributed by atoms with Gasteiger partial charge in [0.1, 0.15) is 5.00 Å². The second kappa shape index (κ2) is 4.97. The van der Waals surface area contributed by atoms with Gasteiger partial charge in [0.05, 0.1) is 5.69 Å². The molecule has 2 rings (SSSR count). The van der Waals surface area contributed by atoms with Crippen LogP contribution in [-0.2, 0) is 0 Å². The summed E-state index contributed by atoms with van der Waals surface area (Å²) in [4.78, 5) is 11.7. The Hall–Kier alpha value is -1.88. The zero-order valence-electron chi connectivity index (χ0n) is 9.65. The fraction of sp³-hybridized carbons (Fsp3) is 0.167. The molecule has 0 fully saturated rings. The second-order valence-electron chi connectivity index (χ2n) is 3.78. The molecule has 2 N–H and O–H groups in total. The van der Waals surface area contributed by atoms with Crippen LogP contribution in [0.15, 0.2) is 30.3 Å². The van der Waals surface area contributed by atoms with Crippen molar-refractivity contribution >= 4 is 28.3 Å². The average molecular weight is 247 g/mol. The Labute approximate surface area is 104 Å². The largest absolute Gasteiger partial charge is 0.324 e. The van der Waals surface area contributed by atoms with E-state index in [2.05, 4.69) is 15.0 Å². The molecule has 0 aliphatic rings. The third-order valence-corrected chi connectivity index (χ3v) is 2.94. The molecule has 2 amide bonds. The van der Waals surface area contributed by atoms with Crippen LogP contribution in [0.4, 0.5) is 15.5 Å².